The van der Waals surface area contributed by atoms with Crippen molar-refractivity contribution in [2.45, 2.75) is 324 Å². The number of hydrogen-bond acceptors (Lipinski definition) is 18. The number of ether oxygens (including phenoxy) is 6. The van der Waals surface area contributed by atoms with Crippen molar-refractivity contribution in [1.82, 2.24) is 5.32 Å². The molecular formula is C70H121NO18. The van der Waals surface area contributed by atoms with Crippen molar-refractivity contribution in [1.29, 1.82) is 0 Å². The van der Waals surface area contributed by atoms with Crippen LogP contribution in [0.4, 0.5) is 0 Å². The molecule has 0 saturated carbocycles. The standard InChI is InChI=1S/C70H121NO18/c1-3-5-7-9-11-13-15-17-19-20-21-22-23-24-25-26-27-28-29-30-31-32-34-36-38-40-42-44-46-48-58(76)71-53(54(75)47-45-43-41-39-37-35-33-18-16-14-12-10-8-6-4-2)52-84-68-64(82)61(79)66(56(50-73)86-68)89-70-65(83)62(80)67(57(51-74)87-70)88-69-63(81)60(78)59(77)55(49-72)85-69/h5,7,11,13,17,19,21-22,24-25,37,39,45,47,53-57,59-70,72-75,77-83H,3-4,6,8-10,12,14-16,18,20,23,26-36,38,40-44,46,48-52H2,1-2H3,(H,71,76)/b7-5-,13-11-,19-17-,22-21-,25-24-,39-37+,47-45+. The second-order valence-corrected chi connectivity index (χ2v) is 24.2. The molecule has 19 nitrogen and oxygen atoms in total. The smallest absolute Gasteiger partial charge is 0.220 e. The highest BCUT2D eigenvalue weighted by Gasteiger charge is 2.53. The monoisotopic (exact) mass is 1260 g/mol. The summed E-state index contributed by atoms with van der Waals surface area (Å²) >= 11 is 0. The number of aliphatic hydroxyl groups excluding tert-OH is 11. The summed E-state index contributed by atoms with van der Waals surface area (Å²) in [6.45, 7) is 1.58. The third-order valence-corrected chi connectivity index (χ3v) is 16.7. The van der Waals surface area contributed by atoms with Gasteiger partial charge < -0.3 is 89.9 Å². The Bertz CT molecular complexity index is 1940. The van der Waals surface area contributed by atoms with Crippen molar-refractivity contribution in [2.24, 2.45) is 0 Å². The number of rotatable bonds is 51. The van der Waals surface area contributed by atoms with E-state index in [1.165, 1.54) is 103 Å². The van der Waals surface area contributed by atoms with E-state index < -0.39 is 124 Å². The lowest BCUT2D eigenvalue weighted by molar-refractivity contribution is -0.379. The maximum atomic E-state index is 13.4. The Hall–Kier alpha value is -3.03. The Morgan fingerprint density at radius 3 is 1.26 bits per heavy atom. The minimum atomic E-state index is -1.98. The number of aliphatic hydroxyl groups is 11. The van der Waals surface area contributed by atoms with Gasteiger partial charge in [-0.1, -0.05) is 221 Å². The van der Waals surface area contributed by atoms with E-state index in [0.717, 1.165) is 83.5 Å². The highest BCUT2D eigenvalue weighted by atomic mass is 16.8. The van der Waals surface area contributed by atoms with Crippen molar-refractivity contribution >= 4 is 5.91 Å². The predicted molar refractivity (Wildman–Crippen MR) is 346 cm³/mol. The minimum absolute atomic E-state index is 0.230. The zero-order valence-electron chi connectivity index (χ0n) is 54.1. The number of nitrogens with one attached hydrogen (secondary N) is 1. The molecule has 17 atom stereocenters. The fourth-order valence-electron chi connectivity index (χ4n) is 11.1. The molecule has 3 aliphatic rings. The number of amides is 1. The van der Waals surface area contributed by atoms with Crippen LogP contribution in [0.25, 0.3) is 0 Å². The van der Waals surface area contributed by atoms with Crippen molar-refractivity contribution in [3.63, 3.8) is 0 Å². The SMILES string of the molecule is CC/C=C\C/C=C\C/C=C\C/C=C\C/C=C\CCCCCCCCCCCCCCCC(=O)NC(COC1OC(CO)C(OC2OC(CO)C(OC3OC(CO)C(O)C(O)C3O)C(O)C2O)C(O)C1O)C(O)/C=C/CC/C=C/CCCCCCCCCCC. The van der Waals surface area contributed by atoms with E-state index in [1.54, 1.807) is 6.08 Å². The Morgan fingerprint density at radius 2 is 0.787 bits per heavy atom. The van der Waals surface area contributed by atoms with Gasteiger partial charge in [0.15, 0.2) is 18.9 Å². The predicted octanol–water partition coefficient (Wildman–Crippen LogP) is 8.71. The first-order valence-corrected chi connectivity index (χ1v) is 34.3. The summed E-state index contributed by atoms with van der Waals surface area (Å²) in [7, 11) is 0. The fourth-order valence-corrected chi connectivity index (χ4v) is 11.1. The third-order valence-electron chi connectivity index (χ3n) is 16.7. The number of carbonyl (C=O) groups is 1. The lowest BCUT2D eigenvalue weighted by Crippen LogP contribution is -2.66. The van der Waals surface area contributed by atoms with Crippen LogP contribution in [0.2, 0.25) is 0 Å². The summed E-state index contributed by atoms with van der Waals surface area (Å²) < 4.78 is 34.3. The zero-order chi connectivity index (χ0) is 64.7. The Labute approximate surface area is 533 Å². The van der Waals surface area contributed by atoms with Crippen LogP contribution >= 0.6 is 0 Å². The van der Waals surface area contributed by atoms with E-state index in [2.05, 4.69) is 92.1 Å². The van der Waals surface area contributed by atoms with Gasteiger partial charge in [0, 0.05) is 6.42 Å². The molecule has 514 valence electrons. The minimum Gasteiger partial charge on any atom is -0.394 e. The summed E-state index contributed by atoms with van der Waals surface area (Å²) in [6, 6.07) is -0.995. The van der Waals surface area contributed by atoms with Gasteiger partial charge in [-0.3, -0.25) is 4.79 Å². The molecule has 3 aliphatic heterocycles. The third kappa shape index (κ3) is 33.6. The Kier molecular flexibility index (Phi) is 46.3. The topological polar surface area (TPSA) is 307 Å². The fraction of sp³-hybridized carbons (Fsp3) is 0.786. The normalized spacial score (nSPS) is 28.8. The molecule has 3 saturated heterocycles. The first-order valence-electron chi connectivity index (χ1n) is 34.3. The van der Waals surface area contributed by atoms with Crippen molar-refractivity contribution < 1.29 is 89.4 Å². The summed E-state index contributed by atoms with van der Waals surface area (Å²) in [5, 5.41) is 120. The van der Waals surface area contributed by atoms with Crippen LogP contribution in [-0.2, 0) is 33.2 Å². The van der Waals surface area contributed by atoms with E-state index >= 15 is 0 Å². The van der Waals surface area contributed by atoms with E-state index in [0.29, 0.717) is 12.8 Å². The van der Waals surface area contributed by atoms with Gasteiger partial charge in [0.1, 0.15) is 73.2 Å². The number of unbranched alkanes of at least 4 members (excludes halogenated alkanes) is 23. The average Bonchev–Trinajstić information content (AvgIpc) is 2.42. The maximum absolute atomic E-state index is 13.4. The van der Waals surface area contributed by atoms with Crippen molar-refractivity contribution in [3.05, 3.63) is 85.1 Å². The van der Waals surface area contributed by atoms with Crippen LogP contribution in [0.5, 0.6) is 0 Å². The van der Waals surface area contributed by atoms with Gasteiger partial charge in [-0.05, 0) is 77.0 Å². The lowest BCUT2D eigenvalue weighted by atomic mass is 9.96. The molecule has 0 aliphatic carbocycles. The van der Waals surface area contributed by atoms with Gasteiger partial charge in [0.2, 0.25) is 5.91 Å². The Balaban J connectivity index is 1.41. The second-order valence-electron chi connectivity index (χ2n) is 24.2. The van der Waals surface area contributed by atoms with E-state index in [4.69, 9.17) is 28.4 Å². The molecule has 0 bridgehead atoms. The van der Waals surface area contributed by atoms with E-state index in [9.17, 15) is 61.0 Å². The molecule has 0 radical (unpaired) electrons. The number of hydrogen-bond donors (Lipinski definition) is 12. The summed E-state index contributed by atoms with van der Waals surface area (Å²) in [5.41, 5.74) is 0. The molecule has 0 aromatic rings. The summed E-state index contributed by atoms with van der Waals surface area (Å²) in [6.07, 6.45) is 38.5. The molecule has 0 aromatic carbocycles. The van der Waals surface area contributed by atoms with Crippen LogP contribution in [0.3, 0.4) is 0 Å². The molecule has 3 heterocycles. The van der Waals surface area contributed by atoms with E-state index in [-0.39, 0.29) is 18.9 Å². The van der Waals surface area contributed by atoms with Crippen LogP contribution in [0.1, 0.15) is 219 Å². The van der Waals surface area contributed by atoms with Gasteiger partial charge in [-0.2, -0.15) is 0 Å². The van der Waals surface area contributed by atoms with Crippen LogP contribution in [0, 0.1) is 0 Å². The van der Waals surface area contributed by atoms with Crippen molar-refractivity contribution in [3.8, 4) is 0 Å². The first-order chi connectivity index (χ1) is 43.3. The quantitative estimate of drug-likeness (QED) is 0.0200. The molecule has 0 spiro atoms. The first kappa shape index (κ1) is 80.2. The molecule has 17 unspecified atom stereocenters. The summed E-state index contributed by atoms with van der Waals surface area (Å²) in [5.74, 6) is -0.290. The van der Waals surface area contributed by atoms with Gasteiger partial charge in [-0.25, -0.2) is 0 Å². The van der Waals surface area contributed by atoms with Crippen LogP contribution in [0.15, 0.2) is 85.1 Å². The van der Waals surface area contributed by atoms with Gasteiger partial charge >= 0.3 is 0 Å². The van der Waals surface area contributed by atoms with Gasteiger partial charge in [-0.15, -0.1) is 0 Å². The molecule has 0 aromatic heterocycles. The van der Waals surface area contributed by atoms with Crippen LogP contribution in [-0.4, -0.2) is 193 Å². The molecule has 19 heteroatoms. The highest BCUT2D eigenvalue weighted by Crippen LogP contribution is 2.33. The molecule has 3 rings (SSSR count). The Morgan fingerprint density at radius 1 is 0.416 bits per heavy atom. The largest absolute Gasteiger partial charge is 0.394 e. The highest BCUT2D eigenvalue weighted by molar-refractivity contribution is 5.76. The maximum Gasteiger partial charge on any atom is 0.220 e. The zero-order valence-corrected chi connectivity index (χ0v) is 54.1. The van der Waals surface area contributed by atoms with Gasteiger partial charge in [0.25, 0.3) is 0 Å². The molecule has 3 fully saturated rings. The lowest BCUT2D eigenvalue weighted by Gasteiger charge is -2.48. The molecule has 89 heavy (non-hydrogen) atoms. The molecular weight excluding hydrogens is 1140 g/mol. The van der Waals surface area contributed by atoms with E-state index in [1.807, 2.05) is 6.08 Å². The molecule has 12 N–H and O–H groups in total. The summed E-state index contributed by atoms with van der Waals surface area (Å²) in [4.78, 5) is 13.4. The number of allylic oxidation sites excluding steroid dienone is 13. The second kappa shape index (κ2) is 51.4. The van der Waals surface area contributed by atoms with Crippen molar-refractivity contribution in [2.75, 3.05) is 26.4 Å². The molecule has 1 amide bonds. The number of carbonyl (C=O) groups excluding carboxylic acids is 1. The average molecular weight is 1260 g/mol. The van der Waals surface area contributed by atoms with Gasteiger partial charge in [0.05, 0.1) is 38.6 Å². The van der Waals surface area contributed by atoms with Crippen LogP contribution < -0.4 is 5.32 Å².